The Morgan fingerprint density at radius 3 is 2.57 bits per heavy atom. The first-order chi connectivity index (χ1) is 13.2. The molecular formula is C23H31FO4. The van der Waals surface area contributed by atoms with E-state index < -0.39 is 18.2 Å². The lowest BCUT2D eigenvalue weighted by Crippen LogP contribution is -2.56. The van der Waals surface area contributed by atoms with Crippen LogP contribution in [-0.2, 0) is 9.53 Å². The van der Waals surface area contributed by atoms with Crippen molar-refractivity contribution in [2.24, 2.45) is 28.6 Å². The second kappa shape index (κ2) is 6.85. The molecule has 4 aliphatic rings. The molecule has 0 aromatic carbocycles. The SMILES string of the molecule is CC(=O)OC1CC[C@@]2(C)C(=C1C#CF)CC(O)[C@@H]1[C@H]2CC[C@]2(C)C(O)CC[C@@H]12. The fourth-order valence-electron chi connectivity index (χ4n) is 7.30. The summed E-state index contributed by atoms with van der Waals surface area (Å²) in [5.41, 5.74) is 1.25. The van der Waals surface area contributed by atoms with Crippen molar-refractivity contribution in [3.63, 3.8) is 0 Å². The Balaban J connectivity index is 1.76. The van der Waals surface area contributed by atoms with Crippen molar-refractivity contribution in [1.82, 2.24) is 0 Å². The van der Waals surface area contributed by atoms with Gasteiger partial charge >= 0.3 is 5.97 Å². The monoisotopic (exact) mass is 390 g/mol. The molecule has 4 aliphatic carbocycles. The number of hydrogen-bond donors (Lipinski definition) is 2. The second-order valence-electron chi connectivity index (χ2n) is 9.87. The number of hydrogen-bond acceptors (Lipinski definition) is 4. The molecule has 0 aliphatic heterocycles. The number of aliphatic hydroxyl groups is 2. The summed E-state index contributed by atoms with van der Waals surface area (Å²) in [6.45, 7) is 5.77. The van der Waals surface area contributed by atoms with Crippen LogP contribution in [0.5, 0.6) is 0 Å². The average molecular weight is 390 g/mol. The predicted octanol–water partition coefficient (Wildman–Crippen LogP) is 3.51. The Morgan fingerprint density at radius 2 is 1.89 bits per heavy atom. The lowest BCUT2D eigenvalue weighted by atomic mass is 9.46. The van der Waals surface area contributed by atoms with Crippen LogP contribution in [0.25, 0.3) is 0 Å². The Bertz CT molecular complexity index is 764. The van der Waals surface area contributed by atoms with Crippen LogP contribution in [0.3, 0.4) is 0 Å². The van der Waals surface area contributed by atoms with E-state index in [9.17, 15) is 19.4 Å². The van der Waals surface area contributed by atoms with Gasteiger partial charge in [0.1, 0.15) is 12.3 Å². The van der Waals surface area contributed by atoms with E-state index in [0.29, 0.717) is 24.3 Å². The Kier molecular flexibility index (Phi) is 4.87. The maximum absolute atomic E-state index is 13.0. The molecule has 0 spiro atoms. The highest BCUT2D eigenvalue weighted by Crippen LogP contribution is 2.66. The van der Waals surface area contributed by atoms with Crippen molar-refractivity contribution < 1.29 is 24.1 Å². The molecule has 154 valence electrons. The van der Waals surface area contributed by atoms with Crippen LogP contribution in [0, 0.1) is 40.7 Å². The molecule has 0 aromatic rings. The third-order valence-corrected chi connectivity index (χ3v) is 8.71. The first-order valence-corrected chi connectivity index (χ1v) is 10.6. The Morgan fingerprint density at radius 1 is 1.14 bits per heavy atom. The van der Waals surface area contributed by atoms with E-state index in [4.69, 9.17) is 4.74 Å². The maximum atomic E-state index is 13.0. The molecule has 0 saturated heterocycles. The summed E-state index contributed by atoms with van der Waals surface area (Å²) in [5.74, 6) is 2.93. The topological polar surface area (TPSA) is 66.8 Å². The summed E-state index contributed by atoms with van der Waals surface area (Å²) >= 11 is 0. The molecular weight excluding hydrogens is 359 g/mol. The van der Waals surface area contributed by atoms with Gasteiger partial charge in [-0.25, -0.2) is 0 Å². The number of ether oxygens (including phenoxy) is 1. The third-order valence-electron chi connectivity index (χ3n) is 8.71. The number of aliphatic hydroxyl groups excluding tert-OH is 2. The minimum absolute atomic E-state index is 0.115. The van der Waals surface area contributed by atoms with Crippen LogP contribution in [-0.4, -0.2) is 34.5 Å². The van der Waals surface area contributed by atoms with Crippen molar-refractivity contribution in [1.29, 1.82) is 0 Å². The van der Waals surface area contributed by atoms with E-state index in [2.05, 4.69) is 19.8 Å². The zero-order chi connectivity index (χ0) is 20.3. The molecule has 0 heterocycles. The molecule has 4 nitrogen and oxygen atoms in total. The van der Waals surface area contributed by atoms with E-state index in [-0.39, 0.29) is 28.8 Å². The zero-order valence-electron chi connectivity index (χ0n) is 17.0. The molecule has 0 bridgehead atoms. The van der Waals surface area contributed by atoms with Gasteiger partial charge in [0.05, 0.1) is 12.2 Å². The normalized spacial score (nSPS) is 47.4. The lowest BCUT2D eigenvalue weighted by Gasteiger charge is -2.59. The van der Waals surface area contributed by atoms with Crippen LogP contribution in [0.2, 0.25) is 0 Å². The molecule has 0 aromatic heterocycles. The van der Waals surface area contributed by atoms with Gasteiger partial charge in [0.2, 0.25) is 0 Å². The van der Waals surface area contributed by atoms with Gasteiger partial charge in [-0.2, -0.15) is 0 Å². The predicted molar refractivity (Wildman–Crippen MR) is 102 cm³/mol. The van der Waals surface area contributed by atoms with E-state index in [1.807, 2.05) is 0 Å². The number of rotatable bonds is 1. The van der Waals surface area contributed by atoms with E-state index >= 15 is 0 Å². The second-order valence-corrected chi connectivity index (χ2v) is 9.87. The number of fused-ring (bicyclic) bond motifs is 5. The summed E-state index contributed by atoms with van der Waals surface area (Å²) in [5, 5.41) is 21.8. The van der Waals surface area contributed by atoms with Gasteiger partial charge in [0.15, 0.2) is 0 Å². The molecule has 8 atom stereocenters. The molecule has 4 rings (SSSR count). The highest BCUT2D eigenvalue weighted by Gasteiger charge is 2.61. The first-order valence-electron chi connectivity index (χ1n) is 10.6. The van der Waals surface area contributed by atoms with Crippen molar-refractivity contribution in [3.05, 3.63) is 11.1 Å². The van der Waals surface area contributed by atoms with Gasteiger partial charge in [0, 0.05) is 12.5 Å². The molecule has 3 unspecified atom stereocenters. The number of esters is 1. The summed E-state index contributed by atoms with van der Waals surface area (Å²) < 4.78 is 18.5. The van der Waals surface area contributed by atoms with Crippen molar-refractivity contribution in [2.45, 2.75) is 84.0 Å². The lowest BCUT2D eigenvalue weighted by molar-refractivity contribution is -0.147. The zero-order valence-corrected chi connectivity index (χ0v) is 17.0. The molecule has 5 heteroatoms. The molecule has 0 radical (unpaired) electrons. The Hall–Kier alpha value is -1.38. The van der Waals surface area contributed by atoms with Crippen molar-refractivity contribution in [3.8, 4) is 12.1 Å². The van der Waals surface area contributed by atoms with Gasteiger partial charge in [-0.15, -0.1) is 4.39 Å². The average Bonchev–Trinajstić information content (AvgIpc) is 2.94. The summed E-state index contributed by atoms with van der Waals surface area (Å²) in [7, 11) is 0. The van der Waals surface area contributed by atoms with Gasteiger partial charge in [-0.1, -0.05) is 13.8 Å². The molecule has 3 saturated carbocycles. The summed E-state index contributed by atoms with van der Waals surface area (Å²) in [6, 6.07) is 0. The fourth-order valence-corrected chi connectivity index (χ4v) is 7.30. The fraction of sp³-hybridized carbons (Fsp3) is 0.783. The Labute approximate surface area is 166 Å². The van der Waals surface area contributed by atoms with E-state index in [1.54, 1.807) is 0 Å². The van der Waals surface area contributed by atoms with Crippen LogP contribution in [0.4, 0.5) is 4.39 Å². The molecule has 28 heavy (non-hydrogen) atoms. The standard InChI is InChI=1S/C23H31FO4/c1-13(25)28-19-7-10-22(2)16-6-9-23(3)15(4-5-20(23)27)21(16)18(26)12-17(22)14(19)8-11-24/h15-16,18-21,26-27H,4-7,9-10,12H2,1-3H3/t15-,16+,18?,19?,20?,21-,22+,23-/m0/s1. The van der Waals surface area contributed by atoms with E-state index in [0.717, 1.165) is 37.7 Å². The number of carbonyl (C=O) groups is 1. The minimum Gasteiger partial charge on any atom is -0.457 e. The third kappa shape index (κ3) is 2.75. The number of halogens is 1. The van der Waals surface area contributed by atoms with Crippen LogP contribution in [0.15, 0.2) is 11.1 Å². The molecule has 0 amide bonds. The molecule has 3 fully saturated rings. The smallest absolute Gasteiger partial charge is 0.303 e. The van der Waals surface area contributed by atoms with Crippen molar-refractivity contribution >= 4 is 5.97 Å². The van der Waals surface area contributed by atoms with Crippen LogP contribution < -0.4 is 0 Å². The van der Waals surface area contributed by atoms with Gasteiger partial charge in [-0.05, 0) is 85.0 Å². The highest BCUT2D eigenvalue weighted by atomic mass is 19.1. The molecule has 2 N–H and O–H groups in total. The van der Waals surface area contributed by atoms with E-state index in [1.165, 1.54) is 13.1 Å². The first kappa shape index (κ1) is 19.9. The van der Waals surface area contributed by atoms with Crippen LogP contribution >= 0.6 is 0 Å². The van der Waals surface area contributed by atoms with Crippen molar-refractivity contribution in [2.75, 3.05) is 0 Å². The summed E-state index contributed by atoms with van der Waals surface area (Å²) in [6.07, 6.45) is 5.76. The van der Waals surface area contributed by atoms with Gasteiger partial charge in [-0.3, -0.25) is 4.79 Å². The highest BCUT2D eigenvalue weighted by molar-refractivity contribution is 5.67. The van der Waals surface area contributed by atoms with Gasteiger partial charge < -0.3 is 14.9 Å². The maximum Gasteiger partial charge on any atom is 0.303 e. The quantitative estimate of drug-likeness (QED) is 0.531. The largest absolute Gasteiger partial charge is 0.457 e. The minimum atomic E-state index is -0.532. The summed E-state index contributed by atoms with van der Waals surface area (Å²) in [4.78, 5) is 11.5. The number of carbonyl (C=O) groups excluding carboxylic acids is 1. The van der Waals surface area contributed by atoms with Crippen LogP contribution in [0.1, 0.15) is 65.7 Å². The van der Waals surface area contributed by atoms with Gasteiger partial charge in [0.25, 0.3) is 0 Å².